The van der Waals surface area contributed by atoms with Gasteiger partial charge in [0.05, 0.1) is 0 Å². The van der Waals surface area contributed by atoms with Crippen LogP contribution in [0.15, 0.2) is 36.4 Å². The van der Waals surface area contributed by atoms with Crippen molar-refractivity contribution in [3.8, 4) is 0 Å². The van der Waals surface area contributed by atoms with E-state index in [0.29, 0.717) is 29.9 Å². The van der Waals surface area contributed by atoms with Crippen LogP contribution in [0.25, 0.3) is 0 Å². The molecule has 1 aliphatic rings. The Kier molecular flexibility index (Phi) is 9.27. The number of pyridine rings is 1. The second-order valence-corrected chi connectivity index (χ2v) is 11.3. The van der Waals surface area contributed by atoms with Crippen LogP contribution in [0.3, 0.4) is 0 Å². The standard InChI is InChI=1S/C24H31F3N6O5S/c1-23(2,3)38-22(35)32-39(36,37)29-14-16-6-9-18(10-7-16)30-21(34)28-15-17-8-11-19(24(25,26)27)31-20(17)33-12-4-5-13-33/h6-11,29H,4-5,12-15H2,1-3H3,(H,32,35)(H2,28,30,34). The first-order valence-electron chi connectivity index (χ1n) is 12.1. The van der Waals surface area contributed by atoms with E-state index < -0.39 is 39.8 Å². The molecule has 0 saturated carbocycles. The van der Waals surface area contributed by atoms with Gasteiger partial charge in [0, 0.05) is 37.4 Å². The van der Waals surface area contributed by atoms with Crippen molar-refractivity contribution < 1.29 is 35.9 Å². The van der Waals surface area contributed by atoms with Crippen LogP contribution in [0.1, 0.15) is 50.4 Å². The van der Waals surface area contributed by atoms with Crippen molar-refractivity contribution in [2.24, 2.45) is 0 Å². The van der Waals surface area contributed by atoms with Gasteiger partial charge in [0.1, 0.15) is 17.1 Å². The Morgan fingerprint density at radius 1 is 1.00 bits per heavy atom. The van der Waals surface area contributed by atoms with E-state index in [9.17, 15) is 31.2 Å². The van der Waals surface area contributed by atoms with Crippen LogP contribution >= 0.6 is 0 Å². The highest BCUT2D eigenvalue weighted by atomic mass is 32.2. The lowest BCUT2D eigenvalue weighted by Gasteiger charge is -2.21. The van der Waals surface area contributed by atoms with Gasteiger partial charge in [-0.1, -0.05) is 18.2 Å². The SMILES string of the molecule is CC(C)(C)OC(=O)NS(=O)(=O)NCc1ccc(NC(=O)NCc2ccc(C(F)(F)F)nc2N2CCCC2)cc1. The second-order valence-electron chi connectivity index (χ2n) is 9.80. The summed E-state index contributed by atoms with van der Waals surface area (Å²) in [5, 5.41) is 5.23. The minimum absolute atomic E-state index is 0.0344. The zero-order valence-corrected chi connectivity index (χ0v) is 22.5. The first kappa shape index (κ1) is 30.0. The zero-order valence-electron chi connectivity index (χ0n) is 21.7. The molecule has 3 rings (SSSR count). The predicted molar refractivity (Wildman–Crippen MR) is 138 cm³/mol. The van der Waals surface area contributed by atoms with Crippen molar-refractivity contribution >= 4 is 33.8 Å². The number of aromatic nitrogens is 1. The minimum Gasteiger partial charge on any atom is -0.443 e. The molecular weight excluding hydrogens is 541 g/mol. The van der Waals surface area contributed by atoms with Gasteiger partial charge < -0.3 is 20.3 Å². The van der Waals surface area contributed by atoms with Gasteiger partial charge in [0.25, 0.3) is 0 Å². The fourth-order valence-corrected chi connectivity index (χ4v) is 4.35. The normalized spacial score (nSPS) is 14.2. The van der Waals surface area contributed by atoms with Crippen molar-refractivity contribution in [2.75, 3.05) is 23.3 Å². The average molecular weight is 573 g/mol. The summed E-state index contributed by atoms with van der Waals surface area (Å²) in [5.41, 5.74) is -0.444. The molecule has 2 aromatic rings. The van der Waals surface area contributed by atoms with Gasteiger partial charge in [-0.3, -0.25) is 0 Å². The Balaban J connectivity index is 1.53. The average Bonchev–Trinajstić information content (AvgIpc) is 3.35. The number of ether oxygens (including phenoxy) is 1. The summed E-state index contributed by atoms with van der Waals surface area (Å²) in [6, 6.07) is 7.84. The molecule has 0 atom stereocenters. The third-order valence-electron chi connectivity index (χ3n) is 5.39. The molecule has 214 valence electrons. The predicted octanol–water partition coefficient (Wildman–Crippen LogP) is 3.88. The van der Waals surface area contributed by atoms with Gasteiger partial charge in [0.2, 0.25) is 0 Å². The van der Waals surface area contributed by atoms with Crippen molar-refractivity contribution in [2.45, 2.75) is 58.5 Å². The summed E-state index contributed by atoms with van der Waals surface area (Å²) in [5.74, 6) is 0.204. The summed E-state index contributed by atoms with van der Waals surface area (Å²) in [6.45, 7) is 5.80. The molecule has 0 radical (unpaired) electrons. The van der Waals surface area contributed by atoms with E-state index in [1.54, 1.807) is 54.7 Å². The molecule has 1 aromatic heterocycles. The van der Waals surface area contributed by atoms with Gasteiger partial charge in [-0.2, -0.15) is 26.3 Å². The summed E-state index contributed by atoms with van der Waals surface area (Å²) in [6.07, 6.45) is -3.98. The number of halogens is 3. The first-order chi connectivity index (χ1) is 18.1. The van der Waals surface area contributed by atoms with E-state index in [-0.39, 0.29) is 18.9 Å². The molecule has 0 spiro atoms. The highest BCUT2D eigenvalue weighted by molar-refractivity contribution is 7.88. The van der Waals surface area contributed by atoms with Crippen LogP contribution in [0, 0.1) is 0 Å². The summed E-state index contributed by atoms with van der Waals surface area (Å²) < 4.78 is 72.4. The van der Waals surface area contributed by atoms with Crippen LogP contribution in [0.2, 0.25) is 0 Å². The van der Waals surface area contributed by atoms with Crippen LogP contribution < -0.4 is 25.0 Å². The summed E-state index contributed by atoms with van der Waals surface area (Å²) >= 11 is 0. The van der Waals surface area contributed by atoms with E-state index in [2.05, 4.69) is 20.3 Å². The Hall–Kier alpha value is -3.59. The number of nitrogens with zero attached hydrogens (tertiary/aromatic N) is 2. The third-order valence-corrected chi connectivity index (χ3v) is 6.35. The Morgan fingerprint density at radius 2 is 1.64 bits per heavy atom. The molecule has 1 saturated heterocycles. The number of rotatable bonds is 8. The fourth-order valence-electron chi connectivity index (χ4n) is 3.66. The number of nitrogens with one attached hydrogen (secondary N) is 4. The highest BCUT2D eigenvalue weighted by Crippen LogP contribution is 2.31. The van der Waals surface area contributed by atoms with Crippen molar-refractivity contribution in [3.63, 3.8) is 0 Å². The maximum atomic E-state index is 13.2. The smallest absolute Gasteiger partial charge is 0.433 e. The van der Waals surface area contributed by atoms with Gasteiger partial charge >= 0.3 is 28.5 Å². The third kappa shape index (κ3) is 9.58. The summed E-state index contributed by atoms with van der Waals surface area (Å²) in [4.78, 5) is 29.7. The largest absolute Gasteiger partial charge is 0.443 e. The molecule has 39 heavy (non-hydrogen) atoms. The number of alkyl halides is 3. The van der Waals surface area contributed by atoms with Crippen molar-refractivity contribution in [1.29, 1.82) is 0 Å². The summed E-state index contributed by atoms with van der Waals surface area (Å²) in [7, 11) is -4.16. The van der Waals surface area contributed by atoms with Gasteiger partial charge in [-0.25, -0.2) is 19.3 Å². The quantitative estimate of drug-likeness (QED) is 0.376. The van der Waals surface area contributed by atoms with E-state index in [1.807, 2.05) is 0 Å². The van der Waals surface area contributed by atoms with E-state index in [1.165, 1.54) is 6.07 Å². The molecule has 2 heterocycles. The molecule has 11 nitrogen and oxygen atoms in total. The fraction of sp³-hybridized carbons (Fsp3) is 0.458. The number of hydrogen-bond donors (Lipinski definition) is 4. The molecule has 1 fully saturated rings. The maximum Gasteiger partial charge on any atom is 0.433 e. The monoisotopic (exact) mass is 572 g/mol. The van der Waals surface area contributed by atoms with E-state index in [4.69, 9.17) is 4.74 Å². The molecule has 0 bridgehead atoms. The van der Waals surface area contributed by atoms with Gasteiger partial charge in [-0.05, 0) is 57.4 Å². The van der Waals surface area contributed by atoms with Crippen LogP contribution in [-0.2, 0) is 34.2 Å². The zero-order chi connectivity index (χ0) is 28.8. The minimum atomic E-state index is -4.57. The lowest BCUT2D eigenvalue weighted by atomic mass is 10.2. The molecule has 15 heteroatoms. The van der Waals surface area contributed by atoms with Crippen molar-refractivity contribution in [1.82, 2.24) is 19.7 Å². The van der Waals surface area contributed by atoms with Crippen LogP contribution in [0.5, 0.6) is 0 Å². The number of carbonyl (C=O) groups excluding carboxylic acids is 2. The van der Waals surface area contributed by atoms with Crippen molar-refractivity contribution in [3.05, 3.63) is 53.2 Å². The highest BCUT2D eigenvalue weighted by Gasteiger charge is 2.34. The lowest BCUT2D eigenvalue weighted by Crippen LogP contribution is -2.42. The van der Waals surface area contributed by atoms with Gasteiger partial charge in [0.15, 0.2) is 0 Å². The molecule has 1 aliphatic heterocycles. The second kappa shape index (κ2) is 12.1. The molecule has 0 aliphatic carbocycles. The lowest BCUT2D eigenvalue weighted by molar-refractivity contribution is -0.141. The molecule has 1 aromatic carbocycles. The molecule has 4 N–H and O–H groups in total. The number of benzene rings is 1. The van der Waals surface area contributed by atoms with Gasteiger partial charge in [-0.15, -0.1) is 0 Å². The van der Waals surface area contributed by atoms with E-state index in [0.717, 1.165) is 18.9 Å². The number of hydrogen-bond acceptors (Lipinski definition) is 7. The Bertz CT molecular complexity index is 1270. The van der Waals surface area contributed by atoms with Crippen LogP contribution in [-0.4, -0.2) is 44.2 Å². The maximum absolute atomic E-state index is 13.2. The van der Waals surface area contributed by atoms with Crippen LogP contribution in [0.4, 0.5) is 34.3 Å². The number of amides is 3. The number of urea groups is 1. The van der Waals surface area contributed by atoms with E-state index >= 15 is 0 Å². The first-order valence-corrected chi connectivity index (χ1v) is 13.6. The molecule has 3 amide bonds. The Morgan fingerprint density at radius 3 is 2.23 bits per heavy atom. The molecule has 0 unspecified atom stereocenters. The molecular formula is C24H31F3N6O5S. The topological polar surface area (TPSA) is 142 Å². The number of anilines is 2. The Labute approximate surface area is 224 Å². The number of carbonyl (C=O) groups is 2.